The summed E-state index contributed by atoms with van der Waals surface area (Å²) < 4.78 is 0.902. The van der Waals surface area contributed by atoms with E-state index in [4.69, 9.17) is 0 Å². The van der Waals surface area contributed by atoms with E-state index in [1.54, 1.807) is 0 Å². The molecule has 0 aliphatic rings. The maximum absolute atomic E-state index is 12.0. The number of nitrogens with zero attached hydrogens (tertiary/aromatic N) is 1. The minimum Gasteiger partial charge on any atom is -0.309 e. The Morgan fingerprint density at radius 3 is 2.38 bits per heavy atom. The second-order valence-corrected chi connectivity index (χ2v) is 5.25. The standard InChI is InChI=1S/C13H18BrNO/c1-9-7-11(12(14)8-10(9)2)13(16)5-6-15(3)4/h7-8H,5-6H2,1-4H3. The number of halogens is 1. The van der Waals surface area contributed by atoms with Gasteiger partial charge in [-0.15, -0.1) is 0 Å². The molecule has 0 bridgehead atoms. The summed E-state index contributed by atoms with van der Waals surface area (Å²) in [7, 11) is 3.95. The lowest BCUT2D eigenvalue weighted by Crippen LogP contribution is -2.17. The molecule has 1 aromatic rings. The maximum Gasteiger partial charge on any atom is 0.165 e. The Bertz CT molecular complexity index is 399. The fourth-order valence-electron chi connectivity index (χ4n) is 1.45. The molecule has 0 fully saturated rings. The first kappa shape index (κ1) is 13.4. The van der Waals surface area contributed by atoms with Crippen molar-refractivity contribution in [3.8, 4) is 0 Å². The largest absolute Gasteiger partial charge is 0.309 e. The lowest BCUT2D eigenvalue weighted by molar-refractivity contribution is 0.0971. The van der Waals surface area contributed by atoms with Gasteiger partial charge in [-0.3, -0.25) is 4.79 Å². The summed E-state index contributed by atoms with van der Waals surface area (Å²) in [6.07, 6.45) is 0.564. The first-order valence-corrected chi connectivity index (χ1v) is 6.16. The predicted octanol–water partition coefficient (Wildman–Crippen LogP) is 3.20. The summed E-state index contributed by atoms with van der Waals surface area (Å²) in [5, 5.41) is 0. The van der Waals surface area contributed by atoms with Gasteiger partial charge in [0.05, 0.1) is 0 Å². The van der Waals surface area contributed by atoms with Crippen LogP contribution in [0.5, 0.6) is 0 Å². The number of ketones is 1. The predicted molar refractivity (Wildman–Crippen MR) is 71.1 cm³/mol. The Morgan fingerprint density at radius 2 is 1.81 bits per heavy atom. The molecule has 0 heterocycles. The average molecular weight is 284 g/mol. The van der Waals surface area contributed by atoms with Gasteiger partial charge in [0.15, 0.2) is 5.78 Å². The molecule has 0 radical (unpaired) electrons. The Kier molecular flexibility index (Phi) is 4.69. The number of aryl methyl sites for hydroxylation is 2. The first-order valence-electron chi connectivity index (χ1n) is 5.36. The minimum absolute atomic E-state index is 0.198. The van der Waals surface area contributed by atoms with Gasteiger partial charge < -0.3 is 4.90 Å². The molecule has 1 rings (SSSR count). The van der Waals surface area contributed by atoms with Crippen molar-refractivity contribution < 1.29 is 4.79 Å². The Labute approximate surface area is 106 Å². The fourth-order valence-corrected chi connectivity index (χ4v) is 2.13. The van der Waals surface area contributed by atoms with Gasteiger partial charge in [-0.25, -0.2) is 0 Å². The molecule has 0 saturated carbocycles. The molecule has 3 heteroatoms. The third kappa shape index (κ3) is 3.42. The summed E-state index contributed by atoms with van der Waals surface area (Å²) in [4.78, 5) is 14.0. The monoisotopic (exact) mass is 283 g/mol. The third-order valence-electron chi connectivity index (χ3n) is 2.67. The number of carbonyl (C=O) groups is 1. The van der Waals surface area contributed by atoms with Crippen LogP contribution >= 0.6 is 15.9 Å². The van der Waals surface area contributed by atoms with E-state index in [0.717, 1.165) is 22.1 Å². The zero-order chi connectivity index (χ0) is 12.3. The normalized spacial score (nSPS) is 10.9. The number of rotatable bonds is 4. The van der Waals surface area contributed by atoms with Crippen molar-refractivity contribution in [2.24, 2.45) is 0 Å². The van der Waals surface area contributed by atoms with E-state index in [1.807, 2.05) is 45.0 Å². The van der Waals surface area contributed by atoms with Gasteiger partial charge in [-0.2, -0.15) is 0 Å². The number of hydrogen-bond acceptors (Lipinski definition) is 2. The van der Waals surface area contributed by atoms with E-state index >= 15 is 0 Å². The van der Waals surface area contributed by atoms with Crippen LogP contribution in [-0.2, 0) is 0 Å². The number of hydrogen-bond donors (Lipinski definition) is 0. The molecule has 0 aromatic heterocycles. The molecule has 0 aliphatic carbocycles. The van der Waals surface area contributed by atoms with Crippen LogP contribution in [0.2, 0.25) is 0 Å². The van der Waals surface area contributed by atoms with Crippen LogP contribution in [0, 0.1) is 13.8 Å². The molecule has 0 N–H and O–H groups in total. The van der Waals surface area contributed by atoms with Gasteiger partial charge in [0.2, 0.25) is 0 Å². The van der Waals surface area contributed by atoms with E-state index in [-0.39, 0.29) is 5.78 Å². The highest BCUT2D eigenvalue weighted by molar-refractivity contribution is 9.10. The van der Waals surface area contributed by atoms with Gasteiger partial charge in [-0.05, 0) is 51.2 Å². The van der Waals surface area contributed by atoms with Gasteiger partial charge in [0.25, 0.3) is 0 Å². The van der Waals surface area contributed by atoms with Crippen molar-refractivity contribution in [3.05, 3.63) is 33.3 Å². The smallest absolute Gasteiger partial charge is 0.165 e. The Hall–Kier alpha value is -0.670. The summed E-state index contributed by atoms with van der Waals surface area (Å²) in [6.45, 7) is 4.87. The van der Waals surface area contributed by atoms with Crippen LogP contribution in [-0.4, -0.2) is 31.3 Å². The highest BCUT2D eigenvalue weighted by Crippen LogP contribution is 2.22. The molecule has 2 nitrogen and oxygen atoms in total. The molecule has 0 unspecified atom stereocenters. The SMILES string of the molecule is Cc1cc(Br)c(C(=O)CCN(C)C)cc1C. The lowest BCUT2D eigenvalue weighted by Gasteiger charge is -2.10. The van der Waals surface area contributed by atoms with E-state index in [9.17, 15) is 4.79 Å². The van der Waals surface area contributed by atoms with Gasteiger partial charge in [-0.1, -0.05) is 15.9 Å². The van der Waals surface area contributed by atoms with Gasteiger partial charge >= 0.3 is 0 Å². The molecule has 0 aliphatic heterocycles. The molecule has 0 atom stereocenters. The maximum atomic E-state index is 12.0. The molecule has 1 aromatic carbocycles. The van der Waals surface area contributed by atoms with Crippen LogP contribution in [0.25, 0.3) is 0 Å². The van der Waals surface area contributed by atoms with Crippen LogP contribution < -0.4 is 0 Å². The fraction of sp³-hybridized carbons (Fsp3) is 0.462. The van der Waals surface area contributed by atoms with Crippen molar-refractivity contribution in [2.75, 3.05) is 20.6 Å². The summed E-state index contributed by atoms with van der Waals surface area (Å²) in [6, 6.07) is 3.98. The zero-order valence-corrected chi connectivity index (χ0v) is 11.9. The second kappa shape index (κ2) is 5.60. The number of Topliss-reactive ketones (excluding diaryl/α,β-unsaturated/α-hetero) is 1. The Balaban J connectivity index is 2.87. The van der Waals surface area contributed by atoms with E-state index in [0.29, 0.717) is 6.42 Å². The second-order valence-electron chi connectivity index (χ2n) is 4.39. The Morgan fingerprint density at radius 1 is 1.25 bits per heavy atom. The van der Waals surface area contributed by atoms with Gasteiger partial charge in [0.1, 0.15) is 0 Å². The molecule has 0 saturated heterocycles. The molecular formula is C13H18BrNO. The molecule has 88 valence electrons. The minimum atomic E-state index is 0.198. The zero-order valence-electron chi connectivity index (χ0n) is 10.3. The third-order valence-corrected chi connectivity index (χ3v) is 3.33. The van der Waals surface area contributed by atoms with E-state index in [2.05, 4.69) is 15.9 Å². The average Bonchev–Trinajstić information content (AvgIpc) is 2.20. The van der Waals surface area contributed by atoms with Gasteiger partial charge in [0, 0.05) is 23.0 Å². The van der Waals surface area contributed by atoms with Crippen LogP contribution in [0.1, 0.15) is 27.9 Å². The molecule has 0 spiro atoms. The van der Waals surface area contributed by atoms with Crippen molar-refractivity contribution in [3.63, 3.8) is 0 Å². The highest BCUT2D eigenvalue weighted by atomic mass is 79.9. The van der Waals surface area contributed by atoms with Crippen LogP contribution in [0.3, 0.4) is 0 Å². The van der Waals surface area contributed by atoms with Crippen molar-refractivity contribution in [2.45, 2.75) is 20.3 Å². The lowest BCUT2D eigenvalue weighted by atomic mass is 10.0. The van der Waals surface area contributed by atoms with Crippen LogP contribution in [0.4, 0.5) is 0 Å². The molecular weight excluding hydrogens is 266 g/mol. The number of benzene rings is 1. The quantitative estimate of drug-likeness (QED) is 0.791. The summed E-state index contributed by atoms with van der Waals surface area (Å²) in [5.74, 6) is 0.198. The van der Waals surface area contributed by atoms with E-state index < -0.39 is 0 Å². The van der Waals surface area contributed by atoms with Crippen molar-refractivity contribution in [1.29, 1.82) is 0 Å². The topological polar surface area (TPSA) is 20.3 Å². The highest BCUT2D eigenvalue weighted by Gasteiger charge is 2.11. The van der Waals surface area contributed by atoms with Crippen LogP contribution in [0.15, 0.2) is 16.6 Å². The summed E-state index contributed by atoms with van der Waals surface area (Å²) >= 11 is 3.45. The summed E-state index contributed by atoms with van der Waals surface area (Å²) in [5.41, 5.74) is 3.16. The van der Waals surface area contributed by atoms with Crippen molar-refractivity contribution in [1.82, 2.24) is 4.90 Å². The molecule has 0 amide bonds. The van der Waals surface area contributed by atoms with E-state index in [1.165, 1.54) is 5.56 Å². The number of carbonyl (C=O) groups excluding carboxylic acids is 1. The van der Waals surface area contributed by atoms with Crippen molar-refractivity contribution >= 4 is 21.7 Å². The molecule has 16 heavy (non-hydrogen) atoms. The first-order chi connectivity index (χ1) is 7.41.